The molecule has 0 aromatic carbocycles. The van der Waals surface area contributed by atoms with Crippen molar-refractivity contribution in [3.05, 3.63) is 12.2 Å². The van der Waals surface area contributed by atoms with Gasteiger partial charge in [-0.25, -0.2) is 4.79 Å². The number of fused-ring (bicyclic) bond motifs is 1. The maximum Gasteiger partial charge on any atom is 0.333 e. The Hall–Kier alpha value is -1.36. The highest BCUT2D eigenvalue weighted by atomic mass is 16.6. The van der Waals surface area contributed by atoms with Crippen LogP contribution in [-0.4, -0.2) is 37.4 Å². The lowest BCUT2D eigenvalue weighted by atomic mass is 9.67. The molecule has 21 heavy (non-hydrogen) atoms. The molecule has 5 heteroatoms. The van der Waals surface area contributed by atoms with Crippen molar-refractivity contribution in [1.29, 1.82) is 0 Å². The van der Waals surface area contributed by atoms with Gasteiger partial charge in [-0.15, -0.1) is 0 Å². The summed E-state index contributed by atoms with van der Waals surface area (Å²) in [6.45, 7) is 5.69. The van der Waals surface area contributed by atoms with Crippen LogP contribution in [-0.2, 0) is 23.8 Å². The van der Waals surface area contributed by atoms with Crippen LogP contribution in [0.25, 0.3) is 0 Å². The summed E-state index contributed by atoms with van der Waals surface area (Å²) < 4.78 is 16.5. The lowest BCUT2D eigenvalue weighted by Gasteiger charge is -2.41. The van der Waals surface area contributed by atoms with Crippen molar-refractivity contribution >= 4 is 11.9 Å². The fourth-order valence-corrected chi connectivity index (χ4v) is 3.95. The Kier molecular flexibility index (Phi) is 4.02. The molecule has 0 amide bonds. The third kappa shape index (κ3) is 2.98. The van der Waals surface area contributed by atoms with Gasteiger partial charge in [-0.3, -0.25) is 4.79 Å². The highest BCUT2D eigenvalue weighted by molar-refractivity contribution is 5.86. The Balaban J connectivity index is 1.53. The highest BCUT2D eigenvalue weighted by Crippen LogP contribution is 2.48. The standard InChI is InChI=1S/C16H22O5/c1-9(2)15(17)20-4-3-19-14-11-5-10-6-12(8-11)16(18)21-13(14)7-10/h10-14H,1,3-8H2,2H3. The molecule has 2 aliphatic carbocycles. The monoisotopic (exact) mass is 294 g/mol. The molecule has 0 radical (unpaired) electrons. The van der Waals surface area contributed by atoms with E-state index >= 15 is 0 Å². The van der Waals surface area contributed by atoms with Gasteiger partial charge in [0, 0.05) is 5.57 Å². The fraction of sp³-hybridized carbons (Fsp3) is 0.750. The average Bonchev–Trinajstić information content (AvgIpc) is 2.59. The van der Waals surface area contributed by atoms with Crippen LogP contribution in [0.3, 0.4) is 0 Å². The van der Waals surface area contributed by atoms with Gasteiger partial charge < -0.3 is 14.2 Å². The summed E-state index contributed by atoms with van der Waals surface area (Å²) >= 11 is 0. The molecular weight excluding hydrogens is 272 g/mol. The lowest BCUT2D eigenvalue weighted by Crippen LogP contribution is -2.44. The zero-order chi connectivity index (χ0) is 15.0. The first kappa shape index (κ1) is 14.6. The summed E-state index contributed by atoms with van der Waals surface area (Å²) in [5.74, 6) is 0.620. The lowest BCUT2D eigenvalue weighted by molar-refractivity contribution is -0.161. The Labute approximate surface area is 124 Å². The van der Waals surface area contributed by atoms with Crippen LogP contribution in [0.2, 0.25) is 0 Å². The molecule has 4 aliphatic rings. The summed E-state index contributed by atoms with van der Waals surface area (Å²) in [6.07, 6.45) is 3.73. The van der Waals surface area contributed by atoms with Gasteiger partial charge in [0.15, 0.2) is 0 Å². The maximum atomic E-state index is 11.9. The van der Waals surface area contributed by atoms with Gasteiger partial charge in [-0.1, -0.05) is 6.58 Å². The van der Waals surface area contributed by atoms with Crippen LogP contribution in [0.15, 0.2) is 12.2 Å². The second-order valence-electron chi connectivity index (χ2n) is 6.49. The van der Waals surface area contributed by atoms with Gasteiger partial charge in [0.2, 0.25) is 0 Å². The summed E-state index contributed by atoms with van der Waals surface area (Å²) in [7, 11) is 0. The van der Waals surface area contributed by atoms with Crippen molar-refractivity contribution in [2.75, 3.05) is 13.2 Å². The van der Waals surface area contributed by atoms with E-state index in [0.29, 0.717) is 24.0 Å². The van der Waals surface area contributed by atoms with Crippen LogP contribution < -0.4 is 0 Å². The quantitative estimate of drug-likeness (QED) is 0.440. The van der Waals surface area contributed by atoms with Crippen LogP contribution in [0.5, 0.6) is 0 Å². The van der Waals surface area contributed by atoms with E-state index in [1.807, 2.05) is 0 Å². The molecule has 4 rings (SSSR count). The smallest absolute Gasteiger partial charge is 0.333 e. The van der Waals surface area contributed by atoms with Crippen molar-refractivity contribution in [3.8, 4) is 0 Å². The largest absolute Gasteiger partial charge is 0.460 e. The van der Waals surface area contributed by atoms with Crippen molar-refractivity contribution in [1.82, 2.24) is 0 Å². The highest BCUT2D eigenvalue weighted by Gasteiger charge is 2.50. The third-order valence-corrected chi connectivity index (χ3v) is 4.81. The minimum Gasteiger partial charge on any atom is -0.460 e. The van der Waals surface area contributed by atoms with Gasteiger partial charge >= 0.3 is 11.9 Å². The predicted octanol–water partition coefficient (Wildman–Crippen LogP) is 1.85. The molecule has 4 bridgehead atoms. The molecule has 4 fully saturated rings. The number of carbonyl (C=O) groups excluding carboxylic acids is 2. The molecular formula is C16H22O5. The number of hydrogen-bond donors (Lipinski definition) is 0. The molecule has 0 N–H and O–H groups in total. The second kappa shape index (κ2) is 5.79. The minimum absolute atomic E-state index is 0.0426. The molecule has 116 valence electrons. The van der Waals surface area contributed by atoms with Crippen molar-refractivity contribution in [3.63, 3.8) is 0 Å². The molecule has 5 atom stereocenters. The molecule has 2 saturated carbocycles. The van der Waals surface area contributed by atoms with E-state index in [9.17, 15) is 9.59 Å². The van der Waals surface area contributed by atoms with Crippen LogP contribution in [0.4, 0.5) is 0 Å². The third-order valence-electron chi connectivity index (χ3n) is 4.81. The molecule has 5 unspecified atom stereocenters. The van der Waals surface area contributed by atoms with Crippen LogP contribution in [0.1, 0.15) is 32.6 Å². The first-order valence-electron chi connectivity index (χ1n) is 7.69. The first-order chi connectivity index (χ1) is 10.0. The van der Waals surface area contributed by atoms with Gasteiger partial charge in [0.05, 0.1) is 18.6 Å². The van der Waals surface area contributed by atoms with Crippen molar-refractivity contribution in [2.24, 2.45) is 17.8 Å². The fourth-order valence-electron chi connectivity index (χ4n) is 3.95. The normalized spacial score (nSPS) is 37.0. The summed E-state index contributed by atoms with van der Waals surface area (Å²) in [4.78, 5) is 23.2. The van der Waals surface area contributed by atoms with Gasteiger partial charge in [0.1, 0.15) is 12.7 Å². The molecule has 2 aliphatic heterocycles. The summed E-state index contributed by atoms with van der Waals surface area (Å²) in [5, 5.41) is 0. The number of hydrogen-bond acceptors (Lipinski definition) is 5. The number of carbonyl (C=O) groups is 2. The maximum absolute atomic E-state index is 11.9. The zero-order valence-electron chi connectivity index (χ0n) is 12.4. The molecule has 0 aromatic heterocycles. The molecule has 0 aromatic rings. The SMILES string of the molecule is C=C(C)C(=O)OCCOC1C2CC3CC(C2)C(=O)OC1C3. The van der Waals surface area contributed by atoms with Crippen LogP contribution in [0, 0.1) is 17.8 Å². The van der Waals surface area contributed by atoms with Gasteiger partial charge in [-0.2, -0.15) is 0 Å². The van der Waals surface area contributed by atoms with E-state index in [1.165, 1.54) is 0 Å². The average molecular weight is 294 g/mol. The Bertz CT molecular complexity index is 458. The molecule has 0 spiro atoms. The molecule has 2 saturated heterocycles. The van der Waals surface area contributed by atoms with Gasteiger partial charge in [-0.05, 0) is 44.4 Å². The zero-order valence-corrected chi connectivity index (χ0v) is 12.4. The predicted molar refractivity (Wildman–Crippen MR) is 74.3 cm³/mol. The molecule has 2 heterocycles. The topological polar surface area (TPSA) is 61.8 Å². The van der Waals surface area contributed by atoms with E-state index in [2.05, 4.69) is 6.58 Å². The Morgan fingerprint density at radius 1 is 1.29 bits per heavy atom. The van der Waals surface area contributed by atoms with E-state index in [1.54, 1.807) is 6.92 Å². The Morgan fingerprint density at radius 3 is 2.86 bits per heavy atom. The van der Waals surface area contributed by atoms with Gasteiger partial charge in [0.25, 0.3) is 0 Å². The molecule has 5 nitrogen and oxygen atoms in total. The Morgan fingerprint density at radius 2 is 2.10 bits per heavy atom. The number of rotatable bonds is 5. The summed E-state index contributed by atoms with van der Waals surface area (Å²) in [6, 6.07) is 0. The van der Waals surface area contributed by atoms with E-state index in [0.717, 1.165) is 25.7 Å². The number of esters is 2. The van der Waals surface area contributed by atoms with Crippen molar-refractivity contribution < 1.29 is 23.8 Å². The number of ether oxygens (including phenoxy) is 3. The van der Waals surface area contributed by atoms with E-state index in [-0.39, 0.29) is 30.7 Å². The minimum atomic E-state index is -0.396. The van der Waals surface area contributed by atoms with Crippen LogP contribution >= 0.6 is 0 Å². The van der Waals surface area contributed by atoms with E-state index < -0.39 is 5.97 Å². The first-order valence-corrected chi connectivity index (χ1v) is 7.69. The second-order valence-corrected chi connectivity index (χ2v) is 6.49. The van der Waals surface area contributed by atoms with Crippen molar-refractivity contribution in [2.45, 2.75) is 44.8 Å². The van der Waals surface area contributed by atoms with E-state index in [4.69, 9.17) is 14.2 Å². The summed E-state index contributed by atoms with van der Waals surface area (Å²) in [5.41, 5.74) is 0.385.